The third-order valence-electron chi connectivity index (χ3n) is 4.68. The molecule has 4 rings (SSSR count). The minimum atomic E-state index is -0.481. The van der Waals surface area contributed by atoms with Gasteiger partial charge in [-0.25, -0.2) is 19.3 Å². The Kier molecular flexibility index (Phi) is 4.64. The molecule has 0 saturated carbocycles. The normalized spacial score (nSPS) is 16.0. The average molecular weight is 351 g/mol. The van der Waals surface area contributed by atoms with E-state index in [1.165, 1.54) is 16.5 Å². The predicted octanol–water partition coefficient (Wildman–Crippen LogP) is 2.23. The van der Waals surface area contributed by atoms with Crippen molar-refractivity contribution >= 4 is 17.1 Å². The maximum atomic E-state index is 12.4. The Labute approximate surface area is 151 Å². The molecule has 26 heavy (non-hydrogen) atoms. The van der Waals surface area contributed by atoms with Crippen molar-refractivity contribution in [3.8, 4) is 5.75 Å². The molecule has 0 aliphatic carbocycles. The number of fused-ring (bicyclic) bond motifs is 1. The number of hydrogen-bond acceptors (Lipinski definition) is 6. The van der Waals surface area contributed by atoms with Crippen molar-refractivity contribution in [2.75, 3.05) is 33.2 Å². The topological polar surface area (TPSA) is 63.5 Å². The molecule has 0 amide bonds. The summed E-state index contributed by atoms with van der Waals surface area (Å²) in [6, 6.07) is 9.48. The summed E-state index contributed by atoms with van der Waals surface area (Å²) >= 11 is 0. The molecule has 0 unspecified atom stereocenters. The number of ether oxygens (including phenoxy) is 1. The quantitative estimate of drug-likeness (QED) is 0.721. The maximum absolute atomic E-state index is 12.4. The van der Waals surface area contributed by atoms with Crippen molar-refractivity contribution in [2.45, 2.75) is 6.54 Å². The summed E-state index contributed by atoms with van der Waals surface area (Å²) in [6.45, 7) is 5.28. The standard InChI is InChI=1S/C19H21N5O2/c1-22-8-10-23(11-9-22)13-15-2-4-17(5-3-15)26-19(25)24-7-6-16-12-20-14-21-18(16)24/h2-7,12,14H,8-11,13H2,1H3. The second kappa shape index (κ2) is 7.23. The Morgan fingerprint density at radius 2 is 1.88 bits per heavy atom. The second-order valence-corrected chi connectivity index (χ2v) is 6.58. The number of nitrogens with zero attached hydrogens (tertiary/aromatic N) is 5. The first-order chi connectivity index (χ1) is 12.7. The van der Waals surface area contributed by atoms with Crippen LogP contribution in [0.3, 0.4) is 0 Å². The largest absolute Gasteiger partial charge is 0.425 e. The highest BCUT2D eigenvalue weighted by Gasteiger charge is 2.15. The first kappa shape index (κ1) is 16.7. The monoisotopic (exact) mass is 351 g/mol. The lowest BCUT2D eigenvalue weighted by molar-refractivity contribution is 0.148. The minimum Gasteiger partial charge on any atom is -0.410 e. The molecule has 1 fully saturated rings. The number of benzene rings is 1. The van der Waals surface area contributed by atoms with Crippen LogP contribution in [0.4, 0.5) is 4.79 Å². The van der Waals surface area contributed by atoms with E-state index in [4.69, 9.17) is 4.74 Å². The fourth-order valence-corrected chi connectivity index (χ4v) is 3.10. The lowest BCUT2D eigenvalue weighted by Gasteiger charge is -2.32. The molecular formula is C19H21N5O2. The summed E-state index contributed by atoms with van der Waals surface area (Å²) in [7, 11) is 2.15. The lowest BCUT2D eigenvalue weighted by atomic mass is 10.2. The number of rotatable bonds is 3. The molecule has 134 valence electrons. The Bertz CT molecular complexity index is 898. The summed E-state index contributed by atoms with van der Waals surface area (Å²) in [5, 5.41) is 0.798. The van der Waals surface area contributed by atoms with Gasteiger partial charge in [0.1, 0.15) is 12.1 Å². The number of aromatic nitrogens is 3. The lowest BCUT2D eigenvalue weighted by Crippen LogP contribution is -2.43. The first-order valence-corrected chi connectivity index (χ1v) is 8.68. The van der Waals surface area contributed by atoms with Crippen LogP contribution in [0.5, 0.6) is 5.75 Å². The molecule has 0 N–H and O–H groups in total. The molecule has 0 spiro atoms. The smallest absolute Gasteiger partial charge is 0.410 e. The molecule has 1 aliphatic rings. The Morgan fingerprint density at radius 1 is 1.12 bits per heavy atom. The van der Waals surface area contributed by atoms with Gasteiger partial charge < -0.3 is 9.64 Å². The first-order valence-electron chi connectivity index (χ1n) is 8.68. The van der Waals surface area contributed by atoms with Crippen LogP contribution >= 0.6 is 0 Å². The number of carbonyl (C=O) groups excluding carboxylic acids is 1. The van der Waals surface area contributed by atoms with Crippen LogP contribution in [-0.4, -0.2) is 63.7 Å². The van der Waals surface area contributed by atoms with Gasteiger partial charge in [-0.05, 0) is 30.8 Å². The van der Waals surface area contributed by atoms with Crippen LogP contribution in [0, 0.1) is 0 Å². The predicted molar refractivity (Wildman–Crippen MR) is 98.2 cm³/mol. The van der Waals surface area contributed by atoms with Crippen molar-refractivity contribution < 1.29 is 9.53 Å². The molecule has 3 aromatic rings. The summed E-state index contributed by atoms with van der Waals surface area (Å²) in [4.78, 5) is 25.2. The molecule has 7 nitrogen and oxygen atoms in total. The zero-order valence-electron chi connectivity index (χ0n) is 14.7. The molecule has 3 heterocycles. The number of likely N-dealkylation sites (N-methyl/N-ethyl adjacent to an activating group) is 1. The minimum absolute atomic E-state index is 0.481. The van der Waals surface area contributed by atoms with Crippen molar-refractivity contribution in [1.82, 2.24) is 24.3 Å². The maximum Gasteiger partial charge on any atom is 0.425 e. The number of piperazine rings is 1. The Morgan fingerprint density at radius 3 is 2.65 bits per heavy atom. The van der Waals surface area contributed by atoms with Crippen molar-refractivity contribution in [1.29, 1.82) is 0 Å². The van der Waals surface area contributed by atoms with Gasteiger partial charge in [0, 0.05) is 50.5 Å². The van der Waals surface area contributed by atoms with Gasteiger partial charge in [-0.15, -0.1) is 0 Å². The number of hydrogen-bond donors (Lipinski definition) is 0. The van der Waals surface area contributed by atoms with Gasteiger partial charge in [-0.2, -0.15) is 0 Å². The Hall–Kier alpha value is -2.77. The van der Waals surface area contributed by atoms with Crippen molar-refractivity contribution in [3.05, 3.63) is 54.6 Å². The van der Waals surface area contributed by atoms with Crippen LogP contribution in [-0.2, 0) is 6.54 Å². The summed E-state index contributed by atoms with van der Waals surface area (Å²) < 4.78 is 6.85. The van der Waals surface area contributed by atoms with E-state index in [-0.39, 0.29) is 0 Å². The molecule has 1 aliphatic heterocycles. The molecular weight excluding hydrogens is 330 g/mol. The van der Waals surface area contributed by atoms with E-state index in [1.54, 1.807) is 18.5 Å². The fourth-order valence-electron chi connectivity index (χ4n) is 3.10. The SMILES string of the molecule is CN1CCN(Cc2ccc(OC(=O)n3ccc4cncnc43)cc2)CC1. The van der Waals surface area contributed by atoms with E-state index in [0.29, 0.717) is 11.4 Å². The van der Waals surface area contributed by atoms with Gasteiger partial charge in [0.25, 0.3) is 0 Å². The highest BCUT2D eigenvalue weighted by molar-refractivity contribution is 5.87. The van der Waals surface area contributed by atoms with E-state index in [9.17, 15) is 4.79 Å². The molecule has 1 aromatic carbocycles. The van der Waals surface area contributed by atoms with Crippen molar-refractivity contribution in [3.63, 3.8) is 0 Å². The third kappa shape index (κ3) is 3.58. The van der Waals surface area contributed by atoms with Gasteiger partial charge >= 0.3 is 6.09 Å². The molecule has 0 bridgehead atoms. The van der Waals surface area contributed by atoms with Crippen LogP contribution in [0.25, 0.3) is 11.0 Å². The van der Waals surface area contributed by atoms with E-state index in [2.05, 4.69) is 26.8 Å². The van der Waals surface area contributed by atoms with Crippen LogP contribution in [0.2, 0.25) is 0 Å². The molecule has 0 atom stereocenters. The average Bonchev–Trinajstić information content (AvgIpc) is 3.09. The summed E-state index contributed by atoms with van der Waals surface area (Å²) in [5.74, 6) is 0.521. The highest BCUT2D eigenvalue weighted by atomic mass is 16.6. The highest BCUT2D eigenvalue weighted by Crippen LogP contribution is 2.17. The zero-order valence-corrected chi connectivity index (χ0v) is 14.7. The van der Waals surface area contributed by atoms with E-state index in [1.807, 2.05) is 24.3 Å². The van der Waals surface area contributed by atoms with Crippen LogP contribution < -0.4 is 4.74 Å². The van der Waals surface area contributed by atoms with Gasteiger partial charge in [-0.3, -0.25) is 4.90 Å². The zero-order chi connectivity index (χ0) is 17.9. The van der Waals surface area contributed by atoms with Gasteiger partial charge in [-0.1, -0.05) is 12.1 Å². The Balaban J connectivity index is 1.40. The number of carbonyl (C=O) groups is 1. The summed E-state index contributed by atoms with van der Waals surface area (Å²) in [6.07, 6.45) is 4.24. The third-order valence-corrected chi connectivity index (χ3v) is 4.68. The molecule has 0 radical (unpaired) electrons. The molecule has 2 aromatic heterocycles. The molecule has 1 saturated heterocycles. The van der Waals surface area contributed by atoms with Crippen molar-refractivity contribution in [2.24, 2.45) is 0 Å². The van der Waals surface area contributed by atoms with E-state index >= 15 is 0 Å². The van der Waals surface area contributed by atoms with E-state index < -0.39 is 6.09 Å². The second-order valence-electron chi connectivity index (χ2n) is 6.58. The van der Waals surface area contributed by atoms with E-state index in [0.717, 1.165) is 38.1 Å². The van der Waals surface area contributed by atoms with Crippen LogP contribution in [0.1, 0.15) is 5.56 Å². The fraction of sp³-hybridized carbons (Fsp3) is 0.316. The van der Waals surface area contributed by atoms with Crippen LogP contribution in [0.15, 0.2) is 49.1 Å². The summed E-state index contributed by atoms with van der Waals surface area (Å²) in [5.41, 5.74) is 1.75. The van der Waals surface area contributed by atoms with Gasteiger partial charge in [0.05, 0.1) is 0 Å². The molecule has 7 heteroatoms. The van der Waals surface area contributed by atoms with Gasteiger partial charge in [0.15, 0.2) is 5.65 Å². The van der Waals surface area contributed by atoms with Gasteiger partial charge in [0.2, 0.25) is 0 Å².